The van der Waals surface area contributed by atoms with Crippen LogP contribution in [0.4, 0.5) is 0 Å². The fourth-order valence-corrected chi connectivity index (χ4v) is 11.0. The average molecular weight is 747 g/mol. The second-order valence-corrected chi connectivity index (χ2v) is 16.5. The first-order valence-corrected chi connectivity index (χ1v) is 20.7. The van der Waals surface area contributed by atoms with Crippen LogP contribution in [0.3, 0.4) is 0 Å². The van der Waals surface area contributed by atoms with Crippen LogP contribution in [0.1, 0.15) is 0 Å². The third-order valence-electron chi connectivity index (χ3n) is 11.1. The molecule has 0 fully saturated rings. The van der Waals surface area contributed by atoms with Crippen LogP contribution >= 0.6 is 23.1 Å². The highest BCUT2D eigenvalue weighted by Crippen LogP contribution is 2.46. The normalized spacial score (nSPS) is 11.6. The minimum Gasteiger partial charge on any atom is -0.134 e. The Labute approximate surface area is 334 Å². The Morgan fingerprint density at radius 3 is 1.25 bits per heavy atom. The van der Waals surface area contributed by atoms with E-state index in [1.165, 1.54) is 107 Å². The predicted octanol–water partition coefficient (Wildman–Crippen LogP) is 16.3. The Bertz CT molecular complexity index is 3250. The molecular weight excluding hydrogens is 713 g/mol. The van der Waals surface area contributed by atoms with Crippen LogP contribution in [0.15, 0.2) is 216 Å². The van der Waals surface area contributed by atoms with E-state index in [-0.39, 0.29) is 0 Å². The molecule has 262 valence electrons. The van der Waals surface area contributed by atoms with Crippen molar-refractivity contribution >= 4 is 75.6 Å². The zero-order valence-corrected chi connectivity index (χ0v) is 32.1. The molecule has 11 aromatic rings. The summed E-state index contributed by atoms with van der Waals surface area (Å²) in [5.74, 6) is 0. The first-order chi connectivity index (χ1) is 27.8. The lowest BCUT2D eigenvalue weighted by Gasteiger charge is -2.14. The summed E-state index contributed by atoms with van der Waals surface area (Å²) in [6, 6.07) is 75.7. The molecule has 0 radical (unpaired) electrons. The minimum atomic E-state index is 1.22. The fourth-order valence-electron chi connectivity index (χ4n) is 8.53. The van der Waals surface area contributed by atoms with Gasteiger partial charge in [0.15, 0.2) is 0 Å². The maximum Gasteiger partial charge on any atom is 0.0434 e. The predicted molar refractivity (Wildman–Crippen MR) is 244 cm³/mol. The standard InChI is InChI=1S/C54H34S2/c1-2-15-35(16-3-1)39-19-8-10-29-51(39)55-52-30-11-9-20-40(52)36-17-12-18-37(33-36)41-25-13-27-48-49-28-14-26-42(54(49)56-53(41)48)38-31-32-47-45-23-5-4-21-43(45)44-22-6-7-24-46(44)50(47)34-38/h1-34H. The van der Waals surface area contributed by atoms with Crippen LogP contribution < -0.4 is 0 Å². The van der Waals surface area contributed by atoms with E-state index in [4.69, 9.17) is 0 Å². The van der Waals surface area contributed by atoms with Gasteiger partial charge in [-0.3, -0.25) is 0 Å². The lowest BCUT2D eigenvalue weighted by atomic mass is 9.92. The van der Waals surface area contributed by atoms with Crippen LogP contribution in [0.2, 0.25) is 0 Å². The quantitative estimate of drug-likeness (QED) is 0.153. The highest BCUT2D eigenvalue weighted by Gasteiger charge is 2.17. The molecule has 0 aliphatic heterocycles. The van der Waals surface area contributed by atoms with Crippen LogP contribution in [0.25, 0.3) is 97.0 Å². The highest BCUT2D eigenvalue weighted by atomic mass is 32.2. The molecular formula is C54H34S2. The summed E-state index contributed by atoms with van der Waals surface area (Å²) in [6.45, 7) is 0. The minimum absolute atomic E-state index is 1.22. The van der Waals surface area contributed by atoms with Gasteiger partial charge in [0.1, 0.15) is 0 Å². The van der Waals surface area contributed by atoms with Crippen molar-refractivity contribution in [2.75, 3.05) is 0 Å². The molecule has 56 heavy (non-hydrogen) atoms. The van der Waals surface area contributed by atoms with Crippen LogP contribution in [0.5, 0.6) is 0 Å². The number of fused-ring (bicyclic) bond motifs is 9. The molecule has 0 amide bonds. The van der Waals surface area contributed by atoms with Crippen LogP contribution in [0, 0.1) is 0 Å². The number of rotatable bonds is 6. The van der Waals surface area contributed by atoms with Crippen molar-refractivity contribution in [1.82, 2.24) is 0 Å². The smallest absolute Gasteiger partial charge is 0.0434 e. The molecule has 0 unspecified atom stereocenters. The number of benzene rings is 10. The van der Waals surface area contributed by atoms with Crippen molar-refractivity contribution in [1.29, 1.82) is 0 Å². The molecule has 2 heteroatoms. The van der Waals surface area contributed by atoms with E-state index in [1.54, 1.807) is 0 Å². The van der Waals surface area contributed by atoms with E-state index in [0.29, 0.717) is 0 Å². The summed E-state index contributed by atoms with van der Waals surface area (Å²) in [5.41, 5.74) is 9.98. The van der Waals surface area contributed by atoms with Gasteiger partial charge in [0, 0.05) is 30.0 Å². The molecule has 0 nitrogen and oxygen atoms in total. The Kier molecular flexibility index (Phi) is 8.05. The van der Waals surface area contributed by atoms with Crippen molar-refractivity contribution in [2.24, 2.45) is 0 Å². The van der Waals surface area contributed by atoms with Gasteiger partial charge < -0.3 is 0 Å². The summed E-state index contributed by atoms with van der Waals surface area (Å²) in [5, 5.41) is 10.4. The molecule has 1 aromatic heterocycles. The van der Waals surface area contributed by atoms with Crippen LogP contribution in [-0.4, -0.2) is 0 Å². The Balaban J connectivity index is 1.02. The van der Waals surface area contributed by atoms with Gasteiger partial charge in [0.2, 0.25) is 0 Å². The molecule has 0 saturated carbocycles. The van der Waals surface area contributed by atoms with Gasteiger partial charge in [-0.15, -0.1) is 11.3 Å². The topological polar surface area (TPSA) is 0 Å². The fraction of sp³-hybridized carbons (Fsp3) is 0. The summed E-state index contributed by atoms with van der Waals surface area (Å²) >= 11 is 3.76. The summed E-state index contributed by atoms with van der Waals surface area (Å²) in [4.78, 5) is 2.50. The molecule has 0 saturated heterocycles. The number of hydrogen-bond acceptors (Lipinski definition) is 2. The van der Waals surface area contributed by atoms with E-state index in [0.717, 1.165) is 0 Å². The van der Waals surface area contributed by atoms with Crippen molar-refractivity contribution < 1.29 is 0 Å². The van der Waals surface area contributed by atoms with E-state index in [9.17, 15) is 0 Å². The van der Waals surface area contributed by atoms with Gasteiger partial charge in [0.25, 0.3) is 0 Å². The maximum absolute atomic E-state index is 2.42. The Morgan fingerprint density at radius 1 is 0.250 bits per heavy atom. The third kappa shape index (κ3) is 5.53. The van der Waals surface area contributed by atoms with Crippen molar-refractivity contribution in [3.05, 3.63) is 206 Å². The molecule has 0 bridgehead atoms. The molecule has 0 aliphatic rings. The van der Waals surface area contributed by atoms with Gasteiger partial charge in [-0.2, -0.15) is 0 Å². The molecule has 0 atom stereocenters. The van der Waals surface area contributed by atoms with Gasteiger partial charge in [0.05, 0.1) is 0 Å². The van der Waals surface area contributed by atoms with E-state index >= 15 is 0 Å². The van der Waals surface area contributed by atoms with E-state index in [2.05, 4.69) is 206 Å². The largest absolute Gasteiger partial charge is 0.134 e. The first kappa shape index (κ1) is 32.9. The SMILES string of the molecule is c1ccc(-c2ccccc2Sc2ccccc2-c2cccc(-c3cccc4c3sc3c(-c5ccc6c7ccccc7c7ccccc7c6c5)cccc34)c2)cc1. The molecule has 10 aromatic carbocycles. The molecule has 0 spiro atoms. The van der Waals surface area contributed by atoms with Gasteiger partial charge >= 0.3 is 0 Å². The summed E-state index contributed by atoms with van der Waals surface area (Å²) in [6.07, 6.45) is 0. The number of thiophene rings is 1. The zero-order chi connectivity index (χ0) is 37.0. The van der Waals surface area contributed by atoms with Crippen LogP contribution in [-0.2, 0) is 0 Å². The van der Waals surface area contributed by atoms with Crippen molar-refractivity contribution in [2.45, 2.75) is 9.79 Å². The van der Waals surface area contributed by atoms with E-state index in [1.807, 2.05) is 23.1 Å². The molecule has 11 rings (SSSR count). The lowest BCUT2D eigenvalue weighted by molar-refractivity contribution is 1.39. The highest BCUT2D eigenvalue weighted by molar-refractivity contribution is 7.99. The zero-order valence-electron chi connectivity index (χ0n) is 30.4. The molecule has 0 aliphatic carbocycles. The second kappa shape index (κ2) is 13.7. The lowest BCUT2D eigenvalue weighted by Crippen LogP contribution is -1.86. The second-order valence-electron chi connectivity index (χ2n) is 14.4. The number of hydrogen-bond donors (Lipinski definition) is 0. The summed E-state index contributed by atoms with van der Waals surface area (Å²) < 4.78 is 2.65. The van der Waals surface area contributed by atoms with Gasteiger partial charge in [-0.1, -0.05) is 194 Å². The maximum atomic E-state index is 2.42. The molecule has 1 heterocycles. The van der Waals surface area contributed by atoms with Gasteiger partial charge in [-0.25, -0.2) is 0 Å². The monoisotopic (exact) mass is 746 g/mol. The van der Waals surface area contributed by atoms with E-state index < -0.39 is 0 Å². The van der Waals surface area contributed by atoms with Gasteiger partial charge in [-0.05, 0) is 101 Å². The third-order valence-corrected chi connectivity index (χ3v) is 13.6. The Morgan fingerprint density at radius 2 is 0.643 bits per heavy atom. The summed E-state index contributed by atoms with van der Waals surface area (Å²) in [7, 11) is 0. The van der Waals surface area contributed by atoms with Crippen molar-refractivity contribution in [3.63, 3.8) is 0 Å². The Hall–Kier alpha value is -6.45. The molecule has 0 N–H and O–H groups in total. The first-order valence-electron chi connectivity index (χ1n) is 19.1. The van der Waals surface area contributed by atoms with Crippen molar-refractivity contribution in [3.8, 4) is 44.5 Å². The average Bonchev–Trinajstić information content (AvgIpc) is 3.66.